The van der Waals surface area contributed by atoms with Gasteiger partial charge in [0.1, 0.15) is 11.4 Å². The smallest absolute Gasteiger partial charge is 0.296 e. The Labute approximate surface area is 115 Å². The molecule has 8 heteroatoms. The molecule has 1 heterocycles. The third-order valence-electron chi connectivity index (χ3n) is 2.29. The molecule has 19 heavy (non-hydrogen) atoms. The molecule has 1 aromatic carbocycles. The number of phenols is 1. The highest BCUT2D eigenvalue weighted by atomic mass is 79.9. The minimum atomic E-state index is -0.695. The van der Waals surface area contributed by atoms with E-state index >= 15 is 0 Å². The van der Waals surface area contributed by atoms with Crippen LogP contribution in [0.25, 0.3) is 0 Å². The van der Waals surface area contributed by atoms with E-state index in [1.165, 1.54) is 24.5 Å². The number of amides is 1. The molecule has 1 aromatic heterocycles. The second kappa shape index (κ2) is 5.11. The normalized spacial score (nSPS) is 10.2. The molecule has 1 amide bonds. The van der Waals surface area contributed by atoms with E-state index in [0.29, 0.717) is 0 Å². The van der Waals surface area contributed by atoms with Crippen molar-refractivity contribution in [3.05, 3.63) is 50.9 Å². The van der Waals surface area contributed by atoms with Crippen molar-refractivity contribution in [2.75, 3.05) is 5.32 Å². The van der Waals surface area contributed by atoms with Crippen LogP contribution in [0.5, 0.6) is 5.75 Å². The molecule has 2 aromatic rings. The van der Waals surface area contributed by atoms with Gasteiger partial charge in [-0.15, -0.1) is 0 Å². The summed E-state index contributed by atoms with van der Waals surface area (Å²) in [5.74, 6) is -0.816. The standard InChI is InChI=1S/C11H7BrN2O5/c12-10-7(3-4-19-10)11(16)13-8-2-1-6(15)5-9(8)14(17)18/h1-5,15H,(H,13,16). The van der Waals surface area contributed by atoms with Crippen LogP contribution < -0.4 is 5.32 Å². The fourth-order valence-corrected chi connectivity index (χ4v) is 1.84. The monoisotopic (exact) mass is 326 g/mol. The van der Waals surface area contributed by atoms with Crippen LogP contribution in [0.4, 0.5) is 11.4 Å². The molecule has 2 rings (SSSR count). The summed E-state index contributed by atoms with van der Waals surface area (Å²) in [6.45, 7) is 0. The van der Waals surface area contributed by atoms with Crippen molar-refractivity contribution in [1.82, 2.24) is 0 Å². The van der Waals surface area contributed by atoms with Crippen molar-refractivity contribution in [3.8, 4) is 5.75 Å². The number of nitrogens with one attached hydrogen (secondary N) is 1. The number of nitro groups is 1. The summed E-state index contributed by atoms with van der Waals surface area (Å²) in [6.07, 6.45) is 1.31. The number of aromatic hydroxyl groups is 1. The Kier molecular flexibility index (Phi) is 3.52. The number of hydrogen-bond acceptors (Lipinski definition) is 5. The molecular formula is C11H7BrN2O5. The summed E-state index contributed by atoms with van der Waals surface area (Å²) in [4.78, 5) is 22.0. The maximum absolute atomic E-state index is 11.9. The number of anilines is 1. The maximum Gasteiger partial charge on any atom is 0.296 e. The van der Waals surface area contributed by atoms with Crippen LogP contribution in [0.15, 0.2) is 39.6 Å². The minimum absolute atomic E-state index is 0.0131. The maximum atomic E-state index is 11.9. The molecule has 0 unspecified atom stereocenters. The fraction of sp³-hybridized carbons (Fsp3) is 0. The average molecular weight is 327 g/mol. The highest BCUT2D eigenvalue weighted by Gasteiger charge is 2.19. The van der Waals surface area contributed by atoms with Gasteiger partial charge in [0.2, 0.25) is 0 Å². The lowest BCUT2D eigenvalue weighted by atomic mass is 10.2. The Bertz CT molecular complexity index is 652. The van der Waals surface area contributed by atoms with Gasteiger partial charge in [-0.3, -0.25) is 14.9 Å². The molecule has 0 saturated carbocycles. The first kappa shape index (κ1) is 13.1. The number of halogens is 1. The Morgan fingerprint density at radius 1 is 1.42 bits per heavy atom. The number of nitrogens with zero attached hydrogens (tertiary/aromatic N) is 1. The van der Waals surface area contributed by atoms with Crippen LogP contribution in [0, 0.1) is 10.1 Å². The van der Waals surface area contributed by atoms with Crippen molar-refractivity contribution in [1.29, 1.82) is 0 Å². The zero-order valence-electron chi connectivity index (χ0n) is 9.29. The van der Waals surface area contributed by atoms with Crippen molar-refractivity contribution in [2.24, 2.45) is 0 Å². The molecular weight excluding hydrogens is 320 g/mol. The Morgan fingerprint density at radius 3 is 2.74 bits per heavy atom. The SMILES string of the molecule is O=C(Nc1ccc(O)cc1[N+](=O)[O-])c1ccoc1Br. The molecule has 0 fully saturated rings. The first-order valence-electron chi connectivity index (χ1n) is 5.01. The molecule has 0 radical (unpaired) electrons. The summed E-state index contributed by atoms with van der Waals surface area (Å²) in [5.41, 5.74) is -0.198. The number of carbonyl (C=O) groups excluding carboxylic acids is 1. The summed E-state index contributed by atoms with van der Waals surface area (Å²) < 4.78 is 5.13. The highest BCUT2D eigenvalue weighted by molar-refractivity contribution is 9.10. The van der Waals surface area contributed by atoms with Crippen LogP contribution in [-0.4, -0.2) is 15.9 Å². The molecule has 7 nitrogen and oxygen atoms in total. The lowest BCUT2D eigenvalue weighted by Crippen LogP contribution is -2.12. The lowest BCUT2D eigenvalue weighted by molar-refractivity contribution is -0.384. The van der Waals surface area contributed by atoms with Crippen LogP contribution >= 0.6 is 15.9 Å². The summed E-state index contributed by atoms with van der Waals surface area (Å²) in [6, 6.07) is 4.87. The molecule has 0 aliphatic carbocycles. The van der Waals surface area contributed by atoms with E-state index in [-0.39, 0.29) is 21.7 Å². The van der Waals surface area contributed by atoms with Gasteiger partial charge in [-0.05, 0) is 34.1 Å². The number of hydrogen-bond donors (Lipinski definition) is 2. The van der Waals surface area contributed by atoms with E-state index in [1.54, 1.807) is 0 Å². The minimum Gasteiger partial charge on any atom is -0.508 e. The number of nitro benzene ring substituents is 1. The highest BCUT2D eigenvalue weighted by Crippen LogP contribution is 2.29. The number of benzene rings is 1. The van der Waals surface area contributed by atoms with E-state index in [0.717, 1.165) is 6.07 Å². The van der Waals surface area contributed by atoms with Gasteiger partial charge < -0.3 is 14.8 Å². The van der Waals surface area contributed by atoms with Crippen molar-refractivity contribution >= 4 is 33.2 Å². The predicted molar refractivity (Wildman–Crippen MR) is 69.1 cm³/mol. The zero-order valence-corrected chi connectivity index (χ0v) is 10.9. The lowest BCUT2D eigenvalue weighted by Gasteiger charge is -2.05. The number of furan rings is 1. The van der Waals surface area contributed by atoms with E-state index in [2.05, 4.69) is 21.2 Å². The van der Waals surface area contributed by atoms with Gasteiger partial charge in [-0.1, -0.05) is 0 Å². The van der Waals surface area contributed by atoms with Crippen LogP contribution in [0.2, 0.25) is 0 Å². The third kappa shape index (κ3) is 2.74. The van der Waals surface area contributed by atoms with Crippen molar-refractivity contribution in [3.63, 3.8) is 0 Å². The molecule has 98 valence electrons. The van der Waals surface area contributed by atoms with E-state index in [9.17, 15) is 20.0 Å². The van der Waals surface area contributed by atoms with Gasteiger partial charge in [0, 0.05) is 0 Å². The van der Waals surface area contributed by atoms with E-state index in [4.69, 9.17) is 4.42 Å². The summed E-state index contributed by atoms with van der Waals surface area (Å²) in [7, 11) is 0. The van der Waals surface area contributed by atoms with Gasteiger partial charge in [0.25, 0.3) is 11.6 Å². The topological polar surface area (TPSA) is 106 Å². The average Bonchev–Trinajstić information content (AvgIpc) is 2.77. The van der Waals surface area contributed by atoms with Crippen LogP contribution in [0.3, 0.4) is 0 Å². The number of carbonyl (C=O) groups is 1. The van der Waals surface area contributed by atoms with Crippen molar-refractivity contribution < 1.29 is 19.2 Å². The van der Waals surface area contributed by atoms with E-state index in [1.807, 2.05) is 0 Å². The Morgan fingerprint density at radius 2 is 2.16 bits per heavy atom. The van der Waals surface area contributed by atoms with Gasteiger partial charge in [-0.25, -0.2) is 0 Å². The second-order valence-electron chi connectivity index (χ2n) is 3.52. The van der Waals surface area contributed by atoms with Gasteiger partial charge in [-0.2, -0.15) is 0 Å². The molecule has 0 bridgehead atoms. The van der Waals surface area contributed by atoms with Gasteiger partial charge >= 0.3 is 0 Å². The molecule has 0 aliphatic heterocycles. The molecule has 0 spiro atoms. The van der Waals surface area contributed by atoms with Crippen molar-refractivity contribution in [2.45, 2.75) is 0 Å². The second-order valence-corrected chi connectivity index (χ2v) is 4.24. The van der Waals surface area contributed by atoms with Gasteiger partial charge in [0.15, 0.2) is 4.67 Å². The van der Waals surface area contributed by atoms with E-state index < -0.39 is 16.5 Å². The molecule has 0 saturated heterocycles. The predicted octanol–water partition coefficient (Wildman–Crippen LogP) is 2.91. The summed E-state index contributed by atoms with van der Waals surface area (Å²) in [5, 5.41) is 22.4. The molecule has 2 N–H and O–H groups in total. The molecule has 0 aliphatic rings. The largest absolute Gasteiger partial charge is 0.508 e. The molecule has 0 atom stereocenters. The quantitative estimate of drug-likeness (QED) is 0.512. The Balaban J connectivity index is 2.32. The fourth-order valence-electron chi connectivity index (χ4n) is 1.42. The third-order valence-corrected chi connectivity index (χ3v) is 2.90. The first-order valence-corrected chi connectivity index (χ1v) is 5.80. The van der Waals surface area contributed by atoms with Crippen LogP contribution in [-0.2, 0) is 0 Å². The van der Waals surface area contributed by atoms with Crippen LogP contribution in [0.1, 0.15) is 10.4 Å². The first-order chi connectivity index (χ1) is 8.99. The zero-order chi connectivity index (χ0) is 14.0. The van der Waals surface area contributed by atoms with Gasteiger partial charge in [0.05, 0.1) is 22.8 Å². The number of rotatable bonds is 3. The summed E-state index contributed by atoms with van der Waals surface area (Å²) >= 11 is 3.04. The number of phenolic OH excluding ortho intramolecular Hbond substituents is 1. The Hall–Kier alpha value is -2.35.